The second kappa shape index (κ2) is 12.7. The minimum Gasteiger partial charge on any atom is -0.292 e. The smallest absolute Gasteiger partial charge is 0.0740 e. The molecule has 12 heteroatoms. The topological polar surface area (TPSA) is 35.3 Å². The maximum atomic E-state index is 2.55. The minimum absolute atomic E-state index is 0.721. The highest BCUT2D eigenvalue weighted by Gasteiger charge is 2.25. The van der Waals surface area contributed by atoms with Crippen molar-refractivity contribution in [1.82, 2.24) is 33.3 Å². The van der Waals surface area contributed by atoms with Gasteiger partial charge in [-0.15, -0.1) is 0 Å². The molecular weight excluding hydrogens is 812 g/mol. The molecule has 0 saturated heterocycles. The van der Waals surface area contributed by atoms with Crippen molar-refractivity contribution in [1.29, 1.82) is 0 Å². The number of benzene rings is 2. The molecule has 0 bridgehead atoms. The fourth-order valence-corrected chi connectivity index (χ4v) is 19.8. The maximum Gasteiger partial charge on any atom is 0.0740 e. The van der Waals surface area contributed by atoms with Gasteiger partial charge in [0.15, 0.2) is 0 Å². The Morgan fingerprint density at radius 2 is 0.417 bits per heavy atom. The van der Waals surface area contributed by atoms with Gasteiger partial charge in [-0.05, 0) is 130 Å². The molecule has 12 heterocycles. The molecule has 0 radical (unpaired) electrons. The van der Waals surface area contributed by atoms with E-state index < -0.39 is 31.4 Å². The second-order valence-electron chi connectivity index (χ2n) is 15.9. The summed E-state index contributed by atoms with van der Waals surface area (Å²) >= 11 is 0. The van der Waals surface area contributed by atoms with Gasteiger partial charge in [-0.1, -0.05) is 36.4 Å². The van der Waals surface area contributed by atoms with E-state index >= 15 is 0 Å². The fraction of sp³-hybridized carbons (Fsp3) is 0.0833. The molecule has 2 aromatic carbocycles. The molecule has 14 rings (SSSR count). The summed E-state index contributed by atoms with van der Waals surface area (Å²) in [5, 5.41) is 0. The summed E-state index contributed by atoms with van der Waals surface area (Å²) < 4.78 is 20.4. The highest BCUT2D eigenvalue weighted by atomic mass is 31.1. The standard InChI is InChI=1S/C48H38N8P4/c1-11-35(31-57-49-23-3-15-39(49)40-16-4-24-50(40)57)47(36(12-1)32-58-51-25-5-17-41(51)42-18-6-26-52(42)58)48-37(33-59-53-27-7-19-43(53)44-20-8-28-54(44)59)13-2-14-38(48)34-60-55-29-9-21-45(55)46-22-10-30-56(46)60/h1-30H,31-34H2. The molecule has 0 amide bonds. The molecule has 0 atom stereocenters. The fourth-order valence-electron chi connectivity index (χ4n) is 10.3. The summed E-state index contributed by atoms with van der Waals surface area (Å²) in [5.41, 5.74) is 19.2. The Kier molecular flexibility index (Phi) is 7.13. The van der Waals surface area contributed by atoms with Gasteiger partial charge in [-0.2, -0.15) is 0 Å². The van der Waals surface area contributed by atoms with Crippen molar-refractivity contribution in [3.63, 3.8) is 0 Å². The number of rotatable bonds is 9. The van der Waals surface area contributed by atoms with E-state index in [-0.39, 0.29) is 0 Å². The Morgan fingerprint density at radius 1 is 0.233 bits per heavy atom. The highest BCUT2D eigenvalue weighted by Crippen LogP contribution is 2.49. The van der Waals surface area contributed by atoms with Crippen LogP contribution in [0.1, 0.15) is 22.3 Å². The summed E-state index contributed by atoms with van der Waals surface area (Å²) in [4.78, 5) is 0. The van der Waals surface area contributed by atoms with E-state index in [1.807, 2.05) is 0 Å². The van der Waals surface area contributed by atoms with Crippen molar-refractivity contribution in [3.8, 4) is 11.1 Å². The average Bonchev–Trinajstić information content (AvgIpc) is 4.09. The number of hydrogen-bond acceptors (Lipinski definition) is 0. The molecule has 12 aromatic heterocycles. The van der Waals surface area contributed by atoms with Crippen molar-refractivity contribution in [2.24, 2.45) is 0 Å². The van der Waals surface area contributed by atoms with Crippen LogP contribution < -0.4 is 0 Å². The quantitative estimate of drug-likeness (QED) is 0.139. The Labute approximate surface area is 348 Å². The molecule has 0 fully saturated rings. The Hall–Kier alpha value is -6.12. The first kappa shape index (κ1) is 33.7. The lowest BCUT2D eigenvalue weighted by Crippen LogP contribution is -2.03. The first-order valence-electron chi connectivity index (χ1n) is 20.5. The van der Waals surface area contributed by atoms with Gasteiger partial charge in [-0.25, -0.2) is 0 Å². The Bertz CT molecular complexity index is 3240. The van der Waals surface area contributed by atoms with Crippen LogP contribution in [-0.4, -0.2) is 33.3 Å². The van der Waals surface area contributed by atoms with Crippen LogP contribution in [0.5, 0.6) is 0 Å². The highest BCUT2D eigenvalue weighted by molar-refractivity contribution is 7.43. The van der Waals surface area contributed by atoms with Gasteiger partial charge in [0.05, 0.1) is 44.1 Å². The predicted octanol–water partition coefficient (Wildman–Crippen LogP) is 13.5. The molecule has 290 valence electrons. The van der Waals surface area contributed by atoms with Crippen molar-refractivity contribution in [2.75, 3.05) is 0 Å². The molecule has 0 aliphatic heterocycles. The van der Waals surface area contributed by atoms with Gasteiger partial charge >= 0.3 is 0 Å². The average molecular weight is 851 g/mol. The predicted molar refractivity (Wildman–Crippen MR) is 253 cm³/mol. The number of nitrogens with zero attached hydrogens (tertiary/aromatic N) is 8. The van der Waals surface area contributed by atoms with Crippen molar-refractivity contribution < 1.29 is 0 Å². The molecule has 0 spiro atoms. The van der Waals surface area contributed by atoms with E-state index in [0.29, 0.717) is 0 Å². The van der Waals surface area contributed by atoms with Crippen LogP contribution in [0.2, 0.25) is 0 Å². The van der Waals surface area contributed by atoms with E-state index in [2.05, 4.69) is 216 Å². The minimum atomic E-state index is -0.721. The first-order valence-corrected chi connectivity index (χ1v) is 26.2. The normalized spacial score (nSPS) is 12.6. The molecule has 0 aliphatic carbocycles. The van der Waals surface area contributed by atoms with Crippen LogP contribution in [0, 0.1) is 0 Å². The van der Waals surface area contributed by atoms with Gasteiger partial charge < -0.3 is 0 Å². The van der Waals surface area contributed by atoms with Gasteiger partial charge in [0, 0.05) is 106 Å². The van der Waals surface area contributed by atoms with Gasteiger partial charge in [0.2, 0.25) is 0 Å². The van der Waals surface area contributed by atoms with Crippen LogP contribution in [0.25, 0.3) is 55.3 Å². The summed E-state index contributed by atoms with van der Waals surface area (Å²) in [6.07, 6.45) is 22.2. The van der Waals surface area contributed by atoms with Gasteiger partial charge in [-0.3, -0.25) is 33.3 Å². The largest absolute Gasteiger partial charge is 0.292 e. The summed E-state index contributed by atoms with van der Waals surface area (Å²) in [7, 11) is -2.88. The molecule has 14 aromatic rings. The number of aromatic nitrogens is 8. The summed E-state index contributed by atoms with van der Waals surface area (Å²) in [6, 6.07) is 50.6. The van der Waals surface area contributed by atoms with Gasteiger partial charge in [0.1, 0.15) is 0 Å². The van der Waals surface area contributed by atoms with E-state index in [0.717, 1.165) is 24.6 Å². The zero-order valence-corrected chi connectivity index (χ0v) is 36.1. The van der Waals surface area contributed by atoms with Crippen LogP contribution in [-0.2, 0) is 24.6 Å². The third-order valence-electron chi connectivity index (χ3n) is 12.8. The van der Waals surface area contributed by atoms with Crippen molar-refractivity contribution >= 4 is 75.5 Å². The second-order valence-corrected chi connectivity index (χ2v) is 23.6. The van der Waals surface area contributed by atoms with Crippen molar-refractivity contribution in [3.05, 3.63) is 205 Å². The maximum absolute atomic E-state index is 2.55. The lowest BCUT2D eigenvalue weighted by atomic mass is 9.89. The lowest BCUT2D eigenvalue weighted by molar-refractivity contribution is 1.21. The zero-order valence-electron chi connectivity index (χ0n) is 32.5. The van der Waals surface area contributed by atoms with E-state index in [1.165, 1.54) is 77.5 Å². The lowest BCUT2D eigenvalue weighted by Gasteiger charge is -2.22. The van der Waals surface area contributed by atoms with Crippen LogP contribution in [0.4, 0.5) is 0 Å². The van der Waals surface area contributed by atoms with Gasteiger partial charge in [0.25, 0.3) is 0 Å². The first-order chi connectivity index (χ1) is 29.8. The monoisotopic (exact) mass is 850 g/mol. The van der Waals surface area contributed by atoms with Crippen molar-refractivity contribution in [2.45, 2.75) is 24.6 Å². The summed E-state index contributed by atoms with van der Waals surface area (Å²) in [6.45, 7) is 0. The molecular formula is C48H38N8P4. The Balaban J connectivity index is 1.05. The van der Waals surface area contributed by atoms with Crippen LogP contribution >= 0.6 is 31.4 Å². The van der Waals surface area contributed by atoms with Crippen LogP contribution in [0.15, 0.2) is 183 Å². The molecule has 0 aliphatic rings. The zero-order chi connectivity index (χ0) is 39.1. The molecule has 60 heavy (non-hydrogen) atoms. The third-order valence-corrected chi connectivity index (χ3v) is 22.1. The molecule has 0 unspecified atom stereocenters. The molecule has 0 N–H and O–H groups in total. The van der Waals surface area contributed by atoms with Crippen LogP contribution in [0.3, 0.4) is 0 Å². The van der Waals surface area contributed by atoms with E-state index in [9.17, 15) is 0 Å². The Morgan fingerprint density at radius 3 is 0.600 bits per heavy atom. The third kappa shape index (κ3) is 4.65. The SMILES string of the molecule is c1cc(Cp2n3cccc3c3cccn32)c(-c2c(Cp3n4cccc4c4cccn43)cccc2Cp2n3cccc3c3cccn32)c(Cp2n3cccc3c3cccn32)c1. The number of hydrogen-bond donors (Lipinski definition) is 0. The summed E-state index contributed by atoms with van der Waals surface area (Å²) in [5.74, 6) is 0. The number of fused-ring (bicyclic) bond motifs is 12. The van der Waals surface area contributed by atoms with E-state index in [1.54, 1.807) is 0 Å². The van der Waals surface area contributed by atoms with E-state index in [4.69, 9.17) is 0 Å². The molecule has 8 nitrogen and oxygen atoms in total. The molecule has 0 saturated carbocycles.